The van der Waals surface area contributed by atoms with Crippen molar-refractivity contribution in [3.63, 3.8) is 0 Å². The molecule has 1 aromatic heterocycles. The summed E-state index contributed by atoms with van der Waals surface area (Å²) in [6.07, 6.45) is -1.50. The van der Waals surface area contributed by atoms with Gasteiger partial charge in [0, 0.05) is 24.5 Å². The lowest BCUT2D eigenvalue weighted by Gasteiger charge is -2.55. The van der Waals surface area contributed by atoms with Crippen molar-refractivity contribution in [3.05, 3.63) is 136 Å². The molecule has 0 spiro atoms. The van der Waals surface area contributed by atoms with Crippen LogP contribution in [0.25, 0.3) is 5.57 Å². The van der Waals surface area contributed by atoms with E-state index in [0.717, 1.165) is 16.1 Å². The fraction of sp³-hybridized carbons (Fsp3) is 0.262. The number of hydrogen-bond acceptors (Lipinski definition) is 8. The van der Waals surface area contributed by atoms with Crippen molar-refractivity contribution < 1.29 is 42.2 Å². The fourth-order valence-corrected chi connectivity index (χ4v) is 9.55. The Bertz CT molecular complexity index is 2330. The molecule has 4 aliphatic rings. The number of alkyl halides is 3. The number of fused-ring (bicyclic) bond motifs is 4. The first kappa shape index (κ1) is 36.2. The Balaban J connectivity index is 1.31. The van der Waals surface area contributed by atoms with Gasteiger partial charge in [-0.15, -0.1) is 0 Å². The monoisotopic (exact) mass is 767 g/mol. The van der Waals surface area contributed by atoms with Gasteiger partial charge >= 0.3 is 6.18 Å². The molecule has 55 heavy (non-hydrogen) atoms. The van der Waals surface area contributed by atoms with Crippen LogP contribution in [0.15, 0.2) is 109 Å². The minimum Gasteiger partial charge on any atom is -0.504 e. The van der Waals surface area contributed by atoms with E-state index in [-0.39, 0.29) is 46.5 Å². The predicted octanol–water partition coefficient (Wildman–Crippen LogP) is 7.34. The number of carbonyl (C=O) groups excluding carboxylic acids is 4. The second-order valence-corrected chi connectivity index (χ2v) is 14.6. The van der Waals surface area contributed by atoms with Crippen molar-refractivity contribution in [2.45, 2.75) is 30.4 Å². The quantitative estimate of drug-likeness (QED) is 0.160. The van der Waals surface area contributed by atoms with Crippen molar-refractivity contribution in [2.24, 2.45) is 23.7 Å². The van der Waals surface area contributed by atoms with Gasteiger partial charge in [-0.2, -0.15) is 18.2 Å². The number of rotatable bonds is 6. The summed E-state index contributed by atoms with van der Waals surface area (Å²) in [6.45, 7) is 0. The second-order valence-electron chi connectivity index (χ2n) is 14.2. The maximum Gasteiger partial charge on any atom is 0.433 e. The van der Waals surface area contributed by atoms with Crippen LogP contribution in [-0.2, 0) is 30.8 Å². The molecule has 0 radical (unpaired) electrons. The van der Waals surface area contributed by atoms with Crippen LogP contribution >= 0.6 is 11.6 Å². The second kappa shape index (κ2) is 13.2. The van der Waals surface area contributed by atoms with Gasteiger partial charge in [-0.3, -0.25) is 24.2 Å². The van der Waals surface area contributed by atoms with E-state index >= 15 is 9.59 Å². The Hall–Kier alpha value is -5.75. The van der Waals surface area contributed by atoms with Crippen LogP contribution in [0.4, 0.5) is 19.0 Å². The number of imide groups is 1. The average molecular weight is 768 g/mol. The van der Waals surface area contributed by atoms with E-state index in [2.05, 4.69) is 4.98 Å². The first-order chi connectivity index (χ1) is 26.3. The number of phenols is 1. The fourth-order valence-electron chi connectivity index (χ4n) is 9.33. The van der Waals surface area contributed by atoms with Crippen LogP contribution in [0, 0.1) is 23.7 Å². The molecule has 3 aliphatic carbocycles. The van der Waals surface area contributed by atoms with Crippen molar-refractivity contribution in [2.75, 3.05) is 19.2 Å². The van der Waals surface area contributed by atoms with E-state index in [1.165, 1.54) is 26.3 Å². The van der Waals surface area contributed by atoms with E-state index in [1.807, 2.05) is 6.08 Å². The first-order valence-corrected chi connectivity index (χ1v) is 18.0. The number of anilines is 1. The molecule has 1 aliphatic heterocycles. The summed E-state index contributed by atoms with van der Waals surface area (Å²) in [5.74, 6) is -7.10. The third-order valence-electron chi connectivity index (χ3n) is 11.6. The van der Waals surface area contributed by atoms with Gasteiger partial charge < -0.3 is 9.84 Å². The number of ketones is 2. The van der Waals surface area contributed by atoms with Gasteiger partial charge in [0.1, 0.15) is 5.69 Å². The lowest BCUT2D eigenvalue weighted by Crippen LogP contribution is -2.58. The van der Waals surface area contributed by atoms with Crippen LogP contribution in [0.1, 0.15) is 41.1 Å². The van der Waals surface area contributed by atoms with Crippen LogP contribution in [-0.4, -0.2) is 52.6 Å². The topological polar surface area (TPSA) is 117 Å². The number of halogens is 4. The number of aromatic nitrogens is 1. The van der Waals surface area contributed by atoms with E-state index in [9.17, 15) is 27.9 Å². The summed E-state index contributed by atoms with van der Waals surface area (Å²) in [6, 6.07) is 24.3. The maximum absolute atomic E-state index is 15.1. The molecule has 2 amide bonds. The molecule has 2 fully saturated rings. The van der Waals surface area contributed by atoms with Gasteiger partial charge in [0.25, 0.3) is 11.8 Å². The van der Waals surface area contributed by atoms with Crippen LogP contribution in [0.2, 0.25) is 5.02 Å². The molecule has 6 atom stereocenters. The van der Waals surface area contributed by atoms with Gasteiger partial charge in [0.05, 0.1) is 29.4 Å². The Labute approximate surface area is 318 Å². The molecule has 1 saturated carbocycles. The van der Waals surface area contributed by atoms with E-state index in [1.54, 1.807) is 72.8 Å². The molecule has 3 aromatic carbocycles. The smallest absolute Gasteiger partial charge is 0.433 e. The minimum absolute atomic E-state index is 0.00835. The van der Waals surface area contributed by atoms with Gasteiger partial charge in [0.15, 0.2) is 28.9 Å². The number of phenolic OH excluding ortho intramolecular Hbond substituents is 1. The van der Waals surface area contributed by atoms with Crippen LogP contribution in [0.5, 0.6) is 11.5 Å². The third-order valence-corrected chi connectivity index (χ3v) is 11.9. The number of hydrazine groups is 1. The zero-order valence-electron chi connectivity index (χ0n) is 29.5. The molecular weight excluding hydrogens is 735 g/mol. The number of amides is 2. The van der Waals surface area contributed by atoms with Crippen LogP contribution in [0.3, 0.4) is 0 Å². The normalized spacial score (nSPS) is 26.1. The summed E-state index contributed by atoms with van der Waals surface area (Å²) < 4.78 is 46.4. The number of pyridine rings is 1. The first-order valence-electron chi connectivity index (χ1n) is 17.6. The Morgan fingerprint density at radius 1 is 0.927 bits per heavy atom. The van der Waals surface area contributed by atoms with Crippen molar-refractivity contribution in [1.29, 1.82) is 0 Å². The Morgan fingerprint density at radius 3 is 2.27 bits per heavy atom. The number of aromatic hydroxyl groups is 1. The lowest BCUT2D eigenvalue weighted by atomic mass is 9.44. The zero-order chi connectivity index (χ0) is 39.0. The number of hydrogen-bond donors (Lipinski definition) is 1. The van der Waals surface area contributed by atoms with Gasteiger partial charge in [0.2, 0.25) is 0 Å². The SMILES string of the molecule is COc1ccc([C@H]2C3=CC[C@@H]4C(=O)N(N(C)c5nc(C(F)(F)F)ccc5Cl)C(=O)[C@@H]4[C@@H]3C[C@H]3C(=O)C(c4ccccc4)=CC(=O)[C@@]23c2ccccc2)cc1O. The number of carbonyl (C=O) groups is 4. The number of methoxy groups -OCH3 is 1. The summed E-state index contributed by atoms with van der Waals surface area (Å²) in [7, 11) is 2.66. The molecule has 1 saturated heterocycles. The molecule has 1 N–H and O–H groups in total. The van der Waals surface area contributed by atoms with E-state index in [4.69, 9.17) is 16.3 Å². The van der Waals surface area contributed by atoms with Gasteiger partial charge in [-0.25, -0.2) is 4.98 Å². The summed E-state index contributed by atoms with van der Waals surface area (Å²) in [5.41, 5.74) is -0.298. The molecule has 9 nitrogen and oxygen atoms in total. The molecular formula is C42H33ClF3N3O6. The number of ether oxygens (including phenoxy) is 1. The van der Waals surface area contributed by atoms with Crippen LogP contribution < -0.4 is 9.75 Å². The molecule has 13 heteroatoms. The van der Waals surface area contributed by atoms with Crippen molar-refractivity contribution in [3.8, 4) is 11.5 Å². The Morgan fingerprint density at radius 2 is 1.62 bits per heavy atom. The number of nitrogens with zero attached hydrogens (tertiary/aromatic N) is 3. The highest BCUT2D eigenvalue weighted by Crippen LogP contribution is 2.64. The van der Waals surface area contributed by atoms with Gasteiger partial charge in [-0.1, -0.05) is 90.0 Å². The minimum atomic E-state index is -4.82. The van der Waals surface area contributed by atoms with Gasteiger partial charge in [-0.05, 0) is 65.8 Å². The Kier molecular flexibility index (Phi) is 8.71. The van der Waals surface area contributed by atoms with Crippen molar-refractivity contribution >= 4 is 46.4 Å². The summed E-state index contributed by atoms with van der Waals surface area (Å²) >= 11 is 6.31. The number of benzene rings is 3. The predicted molar refractivity (Wildman–Crippen MR) is 196 cm³/mol. The zero-order valence-corrected chi connectivity index (χ0v) is 30.2. The molecule has 0 unspecified atom stereocenters. The standard InChI is InChI=1S/C42H33ClF3N3O6/c1-48(38-30(43)16-18-33(47-38)42(44,45)46)49-39(53)26-15-14-25-28(35(26)40(49)54)20-29-37(52)27(22-9-5-3-6-10-22)21-34(51)41(29,24-11-7-4-8-12-24)36(25)23-13-17-32(55-2)31(50)19-23/h3-14,16-19,21,26,28-29,35-36,50H,15,20H2,1-2H3/t26-,28+,29-,35-,36-,41-/m0/s1. The molecule has 2 heterocycles. The van der Waals surface area contributed by atoms with Crippen molar-refractivity contribution in [1.82, 2.24) is 9.99 Å². The third kappa shape index (κ3) is 5.48. The van der Waals surface area contributed by atoms with E-state index < -0.39 is 64.5 Å². The largest absolute Gasteiger partial charge is 0.504 e. The number of Topliss-reactive ketones (excluding diaryl/α,β-unsaturated/α-hetero) is 1. The highest BCUT2D eigenvalue weighted by atomic mass is 35.5. The maximum atomic E-state index is 15.1. The molecule has 280 valence electrons. The summed E-state index contributed by atoms with van der Waals surface area (Å²) in [5, 5.41) is 12.6. The summed E-state index contributed by atoms with van der Waals surface area (Å²) in [4.78, 5) is 62.7. The number of allylic oxidation sites excluding steroid dienone is 4. The highest BCUT2D eigenvalue weighted by Gasteiger charge is 2.66. The molecule has 4 aromatic rings. The van der Waals surface area contributed by atoms with E-state index in [0.29, 0.717) is 28.3 Å². The highest BCUT2D eigenvalue weighted by molar-refractivity contribution is 6.33. The molecule has 0 bridgehead atoms. The lowest BCUT2D eigenvalue weighted by molar-refractivity contribution is -0.141. The molecule has 8 rings (SSSR count). The average Bonchev–Trinajstić information content (AvgIpc) is 3.44.